The zero-order chi connectivity index (χ0) is 14.0. The minimum absolute atomic E-state index is 0.0229. The number of hydrogen-bond donors (Lipinski definition) is 0. The summed E-state index contributed by atoms with van der Waals surface area (Å²) in [6.07, 6.45) is 2.38. The molecule has 0 saturated carbocycles. The van der Waals surface area contributed by atoms with E-state index in [1.54, 1.807) is 17.0 Å². The lowest BCUT2D eigenvalue weighted by atomic mass is 10.1. The molecule has 19 heavy (non-hydrogen) atoms. The molecular formula is C14H18BrClN2O. The standard InChI is InChI=1S/C14H18BrClN2O/c1-17-7-3-4-11(17)9-18(2)14(19)10-5-6-12(15)13(16)8-10/h5-6,8,11H,3-4,7,9H2,1-2H3. The molecule has 0 N–H and O–H groups in total. The van der Waals surface area contributed by atoms with Crippen LogP contribution in [0.2, 0.25) is 5.02 Å². The number of benzene rings is 1. The summed E-state index contributed by atoms with van der Waals surface area (Å²) in [6.45, 7) is 1.89. The van der Waals surface area contributed by atoms with Gasteiger partial charge in [0.25, 0.3) is 5.91 Å². The van der Waals surface area contributed by atoms with Crippen LogP contribution in [0.3, 0.4) is 0 Å². The van der Waals surface area contributed by atoms with Crippen molar-refractivity contribution >= 4 is 33.4 Å². The Morgan fingerprint density at radius 3 is 2.89 bits per heavy atom. The highest BCUT2D eigenvalue weighted by Gasteiger charge is 2.24. The van der Waals surface area contributed by atoms with Gasteiger partial charge in [-0.1, -0.05) is 11.6 Å². The number of amides is 1. The van der Waals surface area contributed by atoms with Crippen LogP contribution in [0.5, 0.6) is 0 Å². The van der Waals surface area contributed by atoms with Crippen LogP contribution < -0.4 is 0 Å². The average Bonchev–Trinajstić information content (AvgIpc) is 2.77. The maximum absolute atomic E-state index is 12.3. The van der Waals surface area contributed by atoms with Gasteiger partial charge in [0.05, 0.1) is 5.02 Å². The second kappa shape index (κ2) is 6.25. The SMILES string of the molecule is CN(CC1CCCN1C)C(=O)c1ccc(Br)c(Cl)c1. The number of likely N-dealkylation sites (tertiary alicyclic amines) is 1. The molecule has 104 valence electrons. The number of halogens is 2. The first-order valence-corrected chi connectivity index (χ1v) is 7.57. The molecule has 1 aliphatic rings. The van der Waals surface area contributed by atoms with Crippen molar-refractivity contribution in [2.24, 2.45) is 0 Å². The number of hydrogen-bond acceptors (Lipinski definition) is 2. The molecule has 1 aromatic carbocycles. The highest BCUT2D eigenvalue weighted by molar-refractivity contribution is 9.10. The lowest BCUT2D eigenvalue weighted by Crippen LogP contribution is -2.39. The van der Waals surface area contributed by atoms with E-state index in [9.17, 15) is 4.79 Å². The molecular weight excluding hydrogens is 328 g/mol. The molecule has 0 aliphatic carbocycles. The van der Waals surface area contributed by atoms with Gasteiger partial charge in [0.15, 0.2) is 0 Å². The quantitative estimate of drug-likeness (QED) is 0.839. The Labute approximate surface area is 127 Å². The molecule has 1 heterocycles. The molecule has 1 saturated heterocycles. The van der Waals surface area contributed by atoms with Crippen LogP contribution in [0.1, 0.15) is 23.2 Å². The fourth-order valence-electron chi connectivity index (χ4n) is 2.46. The third-order valence-electron chi connectivity index (χ3n) is 3.67. The number of carbonyl (C=O) groups is 1. The predicted molar refractivity (Wildman–Crippen MR) is 81.8 cm³/mol. The summed E-state index contributed by atoms with van der Waals surface area (Å²) >= 11 is 9.36. The van der Waals surface area contributed by atoms with Crippen molar-refractivity contribution in [2.75, 3.05) is 27.2 Å². The van der Waals surface area contributed by atoms with E-state index in [0.717, 1.165) is 24.0 Å². The molecule has 0 aromatic heterocycles. The van der Waals surface area contributed by atoms with Crippen molar-refractivity contribution in [3.8, 4) is 0 Å². The Kier molecular flexibility index (Phi) is 4.87. The third-order valence-corrected chi connectivity index (χ3v) is 4.90. The number of rotatable bonds is 3. The van der Waals surface area contributed by atoms with Gasteiger partial charge in [-0.2, -0.15) is 0 Å². The van der Waals surface area contributed by atoms with Crippen LogP contribution in [0, 0.1) is 0 Å². The first-order valence-electron chi connectivity index (χ1n) is 6.40. The molecule has 5 heteroatoms. The summed E-state index contributed by atoms with van der Waals surface area (Å²) in [7, 11) is 3.97. The lowest BCUT2D eigenvalue weighted by molar-refractivity contribution is 0.0761. The Morgan fingerprint density at radius 2 is 2.32 bits per heavy atom. The summed E-state index contributed by atoms with van der Waals surface area (Å²) in [5.74, 6) is 0.0229. The van der Waals surface area contributed by atoms with E-state index in [0.29, 0.717) is 16.6 Å². The maximum Gasteiger partial charge on any atom is 0.253 e. The largest absolute Gasteiger partial charge is 0.340 e. The molecule has 1 fully saturated rings. The van der Waals surface area contributed by atoms with Gasteiger partial charge in [-0.15, -0.1) is 0 Å². The van der Waals surface area contributed by atoms with Crippen LogP contribution in [0.4, 0.5) is 0 Å². The van der Waals surface area contributed by atoms with Crippen LogP contribution >= 0.6 is 27.5 Å². The minimum atomic E-state index is 0.0229. The van der Waals surface area contributed by atoms with Gasteiger partial charge in [0, 0.05) is 29.7 Å². The van der Waals surface area contributed by atoms with Crippen LogP contribution in [0.15, 0.2) is 22.7 Å². The number of nitrogens with zero attached hydrogens (tertiary/aromatic N) is 2. The van der Waals surface area contributed by atoms with E-state index in [1.165, 1.54) is 6.42 Å². The monoisotopic (exact) mass is 344 g/mol. The maximum atomic E-state index is 12.3. The Balaban J connectivity index is 2.03. The fraction of sp³-hybridized carbons (Fsp3) is 0.500. The van der Waals surface area contributed by atoms with Crippen molar-refractivity contribution in [2.45, 2.75) is 18.9 Å². The van der Waals surface area contributed by atoms with Gasteiger partial charge < -0.3 is 9.80 Å². The molecule has 1 unspecified atom stereocenters. The highest BCUT2D eigenvalue weighted by Crippen LogP contribution is 2.24. The number of likely N-dealkylation sites (N-methyl/N-ethyl adjacent to an activating group) is 2. The number of carbonyl (C=O) groups excluding carboxylic acids is 1. The van der Waals surface area contributed by atoms with Gasteiger partial charge >= 0.3 is 0 Å². The van der Waals surface area contributed by atoms with Crippen LogP contribution in [-0.2, 0) is 0 Å². The van der Waals surface area contributed by atoms with E-state index in [-0.39, 0.29) is 5.91 Å². The topological polar surface area (TPSA) is 23.6 Å². The molecule has 3 nitrogen and oxygen atoms in total. The van der Waals surface area contributed by atoms with Crippen LogP contribution in [0.25, 0.3) is 0 Å². The molecule has 1 amide bonds. The fourth-order valence-corrected chi connectivity index (χ4v) is 2.89. The van der Waals surface area contributed by atoms with E-state index in [4.69, 9.17) is 11.6 Å². The summed E-state index contributed by atoms with van der Waals surface area (Å²) in [4.78, 5) is 16.4. The molecule has 2 rings (SSSR count). The van der Waals surface area contributed by atoms with Crippen molar-refractivity contribution in [1.29, 1.82) is 0 Å². The van der Waals surface area contributed by atoms with E-state index in [1.807, 2.05) is 13.1 Å². The van der Waals surface area contributed by atoms with Gasteiger partial charge in [0.2, 0.25) is 0 Å². The van der Waals surface area contributed by atoms with Crippen LogP contribution in [-0.4, -0.2) is 48.9 Å². The van der Waals surface area contributed by atoms with E-state index < -0.39 is 0 Å². The molecule has 0 radical (unpaired) electrons. The first-order chi connectivity index (χ1) is 8.99. The smallest absolute Gasteiger partial charge is 0.253 e. The third kappa shape index (κ3) is 3.50. The predicted octanol–water partition coefficient (Wildman–Crippen LogP) is 3.27. The van der Waals surface area contributed by atoms with E-state index >= 15 is 0 Å². The zero-order valence-electron chi connectivity index (χ0n) is 11.2. The summed E-state index contributed by atoms with van der Waals surface area (Å²) in [6, 6.07) is 5.79. The Bertz CT molecular complexity index is 481. The second-order valence-electron chi connectivity index (χ2n) is 5.09. The van der Waals surface area contributed by atoms with Crippen molar-refractivity contribution in [3.05, 3.63) is 33.3 Å². The Hall–Kier alpha value is -0.580. The van der Waals surface area contributed by atoms with Gasteiger partial charge in [-0.3, -0.25) is 4.79 Å². The molecule has 0 bridgehead atoms. The molecule has 1 aromatic rings. The summed E-state index contributed by atoms with van der Waals surface area (Å²) in [5.41, 5.74) is 0.636. The molecule has 1 atom stereocenters. The van der Waals surface area contributed by atoms with E-state index in [2.05, 4.69) is 27.9 Å². The van der Waals surface area contributed by atoms with Gasteiger partial charge in [0.1, 0.15) is 0 Å². The van der Waals surface area contributed by atoms with Gasteiger partial charge in [-0.05, 0) is 60.6 Å². The minimum Gasteiger partial charge on any atom is -0.340 e. The zero-order valence-corrected chi connectivity index (χ0v) is 13.5. The average molecular weight is 346 g/mol. The first kappa shape index (κ1) is 14.8. The van der Waals surface area contributed by atoms with Crippen molar-refractivity contribution in [1.82, 2.24) is 9.80 Å². The lowest BCUT2D eigenvalue weighted by Gasteiger charge is -2.26. The van der Waals surface area contributed by atoms with Crippen molar-refractivity contribution in [3.63, 3.8) is 0 Å². The summed E-state index contributed by atoms with van der Waals surface area (Å²) in [5, 5.41) is 0.567. The molecule has 1 aliphatic heterocycles. The summed E-state index contributed by atoms with van der Waals surface area (Å²) < 4.78 is 0.809. The highest BCUT2D eigenvalue weighted by atomic mass is 79.9. The van der Waals surface area contributed by atoms with Gasteiger partial charge in [-0.25, -0.2) is 0 Å². The van der Waals surface area contributed by atoms with Crippen molar-refractivity contribution < 1.29 is 4.79 Å². The molecule has 0 spiro atoms. The second-order valence-corrected chi connectivity index (χ2v) is 6.35. The normalized spacial score (nSPS) is 19.7. The Morgan fingerprint density at radius 1 is 1.58 bits per heavy atom.